The fourth-order valence-electron chi connectivity index (χ4n) is 9.37. The van der Waals surface area contributed by atoms with E-state index in [0.717, 1.165) is 44.8 Å². The highest BCUT2D eigenvalue weighted by Gasteiger charge is 2.23. The van der Waals surface area contributed by atoms with E-state index in [4.69, 9.17) is 9.97 Å². The largest absolute Gasteiger partial charge is 0.507 e. The van der Waals surface area contributed by atoms with Gasteiger partial charge in [-0.1, -0.05) is 151 Å². The van der Waals surface area contributed by atoms with Gasteiger partial charge < -0.3 is 9.67 Å². The third-order valence-electron chi connectivity index (χ3n) is 12.8. The monoisotopic (exact) mass is 859 g/mol. The molecule has 0 radical (unpaired) electrons. The van der Waals surface area contributed by atoms with Crippen molar-refractivity contribution in [2.24, 2.45) is 0 Å². The Morgan fingerprint density at radius 2 is 1.06 bits per heavy atom. The number of benzene rings is 7. The number of hydrogen-bond acceptors (Lipinski definition) is 4. The Kier molecular flexibility index (Phi) is 9.60. The van der Waals surface area contributed by atoms with Crippen molar-refractivity contribution in [3.63, 3.8) is 0 Å². The van der Waals surface area contributed by atoms with E-state index < -0.39 is 0 Å². The summed E-state index contributed by atoms with van der Waals surface area (Å²) >= 11 is 1.85. The molecule has 0 unspecified atom stereocenters. The molecule has 7 aromatic carbocycles. The molecule has 1 N–H and O–H groups in total. The Bertz CT molecular complexity index is 3620. The van der Waals surface area contributed by atoms with Gasteiger partial charge in [0.25, 0.3) is 0 Å². The lowest BCUT2D eigenvalue weighted by molar-refractivity contribution is 0.477. The summed E-state index contributed by atoms with van der Waals surface area (Å²) in [6.07, 6.45) is 1.93. The van der Waals surface area contributed by atoms with Crippen LogP contribution in [0, 0.1) is 0 Å². The number of aromatic hydroxyl groups is 1. The molecule has 4 aromatic heterocycles. The quantitative estimate of drug-likeness (QED) is 0.181. The summed E-state index contributed by atoms with van der Waals surface area (Å²) in [7, 11) is 0. The van der Waals surface area contributed by atoms with Gasteiger partial charge in [0.05, 0.1) is 33.8 Å². The fraction of sp³-hybridized carbons (Fsp3) is 0.133. The van der Waals surface area contributed by atoms with Crippen molar-refractivity contribution in [1.82, 2.24) is 14.5 Å². The van der Waals surface area contributed by atoms with E-state index in [1.165, 1.54) is 58.8 Å². The lowest BCUT2D eigenvalue weighted by Gasteiger charge is -2.26. The van der Waals surface area contributed by atoms with Crippen LogP contribution in [-0.2, 0) is 10.8 Å². The molecule has 5 heteroatoms. The van der Waals surface area contributed by atoms with Crippen LogP contribution in [-0.4, -0.2) is 19.6 Å². The van der Waals surface area contributed by atoms with E-state index in [1.54, 1.807) is 6.07 Å². The molecule has 4 nitrogen and oxygen atoms in total. The van der Waals surface area contributed by atoms with Crippen LogP contribution in [0.5, 0.6) is 5.75 Å². The van der Waals surface area contributed by atoms with Crippen LogP contribution in [0.3, 0.4) is 0 Å². The van der Waals surface area contributed by atoms with Crippen LogP contribution < -0.4 is 0 Å². The van der Waals surface area contributed by atoms with Gasteiger partial charge in [-0.25, -0.2) is 4.98 Å². The molecule has 0 aliphatic heterocycles. The number of fused-ring (bicyclic) bond motifs is 6. The van der Waals surface area contributed by atoms with Gasteiger partial charge in [-0.3, -0.25) is 4.98 Å². The van der Waals surface area contributed by atoms with Crippen molar-refractivity contribution < 1.29 is 5.11 Å². The van der Waals surface area contributed by atoms with Crippen LogP contribution >= 0.6 is 11.3 Å². The van der Waals surface area contributed by atoms with Gasteiger partial charge in [-0.15, -0.1) is 11.3 Å². The van der Waals surface area contributed by atoms with Crippen molar-refractivity contribution in [2.45, 2.75) is 52.4 Å². The topological polar surface area (TPSA) is 50.9 Å². The minimum atomic E-state index is -0.0443. The summed E-state index contributed by atoms with van der Waals surface area (Å²) in [5.74, 6) is 0.200. The Balaban J connectivity index is 1.07. The van der Waals surface area contributed by atoms with E-state index in [-0.39, 0.29) is 16.6 Å². The van der Waals surface area contributed by atoms with Gasteiger partial charge in [-0.2, -0.15) is 0 Å². The van der Waals surface area contributed by atoms with Crippen LogP contribution in [0.2, 0.25) is 0 Å². The molecular formula is C60H49N3OS. The number of para-hydroxylation sites is 3. The SMILES string of the molecule is CC(C)(C)c1cc(-c2cc(-c3cccc(-c4cc(-c5cccc6c7ccccc7n(-c7cccc8sc9ccccc9c78)c56)ccn4)c3)nc(-c3ccccc3O)c2)cc(C(C)(C)C)c1. The van der Waals surface area contributed by atoms with Gasteiger partial charge >= 0.3 is 0 Å². The fourth-order valence-corrected chi connectivity index (χ4v) is 10.5. The third kappa shape index (κ3) is 7.17. The number of aromatic nitrogens is 3. The molecule has 4 heterocycles. The molecular weight excluding hydrogens is 811 g/mol. The predicted octanol–water partition coefficient (Wildman–Crippen LogP) is 16.6. The molecule has 0 atom stereocenters. The van der Waals surface area contributed by atoms with E-state index in [2.05, 4.69) is 198 Å². The summed E-state index contributed by atoms with van der Waals surface area (Å²) < 4.78 is 5.04. The summed E-state index contributed by atoms with van der Waals surface area (Å²) in [4.78, 5) is 10.2. The van der Waals surface area contributed by atoms with E-state index in [0.29, 0.717) is 11.3 Å². The second kappa shape index (κ2) is 15.4. The zero-order valence-electron chi connectivity index (χ0n) is 37.5. The first-order valence-corrected chi connectivity index (χ1v) is 23.2. The minimum absolute atomic E-state index is 0.0443. The van der Waals surface area contributed by atoms with Crippen molar-refractivity contribution in [2.75, 3.05) is 0 Å². The minimum Gasteiger partial charge on any atom is -0.507 e. The number of pyridine rings is 2. The zero-order chi connectivity index (χ0) is 44.6. The lowest BCUT2D eigenvalue weighted by Crippen LogP contribution is -2.16. The van der Waals surface area contributed by atoms with Crippen LogP contribution in [0.25, 0.3) is 104 Å². The average Bonchev–Trinajstić information content (AvgIpc) is 3.87. The van der Waals surface area contributed by atoms with Gasteiger partial charge in [0.2, 0.25) is 0 Å². The highest BCUT2D eigenvalue weighted by atomic mass is 32.1. The zero-order valence-corrected chi connectivity index (χ0v) is 38.3. The second-order valence-electron chi connectivity index (χ2n) is 19.3. The number of rotatable bonds is 6. The van der Waals surface area contributed by atoms with E-state index >= 15 is 0 Å². The molecule has 0 aliphatic carbocycles. The molecule has 0 saturated heterocycles. The Morgan fingerprint density at radius 3 is 1.85 bits per heavy atom. The molecule has 0 bridgehead atoms. The van der Waals surface area contributed by atoms with E-state index in [9.17, 15) is 5.11 Å². The van der Waals surface area contributed by atoms with Gasteiger partial charge in [0.1, 0.15) is 5.75 Å². The molecule has 0 saturated carbocycles. The maximum absolute atomic E-state index is 11.1. The molecule has 65 heavy (non-hydrogen) atoms. The Morgan fingerprint density at radius 1 is 0.462 bits per heavy atom. The summed E-state index contributed by atoms with van der Waals surface area (Å²) in [6.45, 7) is 13.6. The number of phenolic OH excluding ortho intramolecular Hbond substituents is 1. The molecule has 0 aliphatic rings. The highest BCUT2D eigenvalue weighted by molar-refractivity contribution is 7.25. The maximum atomic E-state index is 11.1. The normalized spacial score (nSPS) is 12.2. The van der Waals surface area contributed by atoms with Gasteiger partial charge in [0.15, 0.2) is 0 Å². The van der Waals surface area contributed by atoms with Crippen molar-refractivity contribution in [3.05, 3.63) is 193 Å². The number of nitrogens with zero attached hydrogens (tertiary/aromatic N) is 3. The van der Waals surface area contributed by atoms with Gasteiger partial charge in [-0.05, 0) is 105 Å². The van der Waals surface area contributed by atoms with Crippen molar-refractivity contribution in [1.29, 1.82) is 0 Å². The molecule has 0 amide bonds. The van der Waals surface area contributed by atoms with Crippen LogP contribution in [0.1, 0.15) is 52.7 Å². The highest BCUT2D eigenvalue weighted by Crippen LogP contribution is 2.44. The van der Waals surface area contributed by atoms with Gasteiger partial charge in [0, 0.05) is 59.4 Å². The molecule has 316 valence electrons. The summed E-state index contributed by atoms with van der Waals surface area (Å²) in [5, 5.41) is 16.1. The number of thiophene rings is 1. The molecule has 11 rings (SSSR count). The molecule has 11 aromatic rings. The smallest absolute Gasteiger partial charge is 0.124 e. The van der Waals surface area contributed by atoms with Crippen LogP contribution in [0.15, 0.2) is 182 Å². The Labute approximate surface area is 384 Å². The Hall–Kier alpha value is -7.34. The number of hydrogen-bond donors (Lipinski definition) is 1. The predicted molar refractivity (Wildman–Crippen MR) is 276 cm³/mol. The first kappa shape index (κ1) is 40.4. The first-order valence-electron chi connectivity index (χ1n) is 22.4. The standard InChI is InChI=1S/C60H49N3OS/c1-59(2,3)42-31-40(32-43(36-42)60(4,5)6)41-34-50(62-51(35-41)47-19-8-11-25-54(47)64)39-17-13-16-38(30-39)49-33-37(28-29-61-49)44-21-14-22-46-45-18-7-10-23-52(45)63(58(44)46)53-24-15-27-56-57(53)48-20-9-12-26-55(48)65-56/h7-36,64H,1-6H3. The third-order valence-corrected chi connectivity index (χ3v) is 14.0. The first-order chi connectivity index (χ1) is 31.4. The van der Waals surface area contributed by atoms with E-state index in [1.807, 2.05) is 35.7 Å². The van der Waals surface area contributed by atoms with Crippen molar-refractivity contribution >= 4 is 53.3 Å². The lowest BCUT2D eigenvalue weighted by atomic mass is 9.79. The molecule has 0 fully saturated rings. The summed E-state index contributed by atoms with van der Waals surface area (Å²) in [6, 6.07) is 62.5. The average molecular weight is 860 g/mol. The number of phenols is 1. The summed E-state index contributed by atoms with van der Waals surface area (Å²) in [5.41, 5.74) is 15.5. The van der Waals surface area contributed by atoms with Crippen LogP contribution in [0.4, 0.5) is 0 Å². The second-order valence-corrected chi connectivity index (χ2v) is 20.3. The maximum Gasteiger partial charge on any atom is 0.124 e. The van der Waals surface area contributed by atoms with Crippen molar-refractivity contribution in [3.8, 4) is 67.5 Å². The molecule has 0 spiro atoms.